The minimum absolute atomic E-state index is 0.151. The molecule has 5 nitrogen and oxygen atoms in total. The van der Waals surface area contributed by atoms with Crippen molar-refractivity contribution in [2.45, 2.75) is 27.2 Å². The number of rotatable bonds is 4. The molecule has 0 aliphatic carbocycles. The molecule has 1 aromatic carbocycles. The average molecular weight is 263 g/mol. The van der Waals surface area contributed by atoms with Gasteiger partial charge in [0.05, 0.1) is 4.92 Å². The Bertz CT molecular complexity index is 486. The Kier molecular flexibility index (Phi) is 3.64. The first-order chi connectivity index (χ1) is 8.91. The first kappa shape index (κ1) is 13.6. The van der Waals surface area contributed by atoms with Crippen molar-refractivity contribution in [3.63, 3.8) is 0 Å². The number of nitro groups is 1. The summed E-state index contributed by atoms with van der Waals surface area (Å²) in [5.74, 6) is 0. The highest BCUT2D eigenvalue weighted by atomic mass is 16.6. The maximum absolute atomic E-state index is 11.0. The zero-order chi connectivity index (χ0) is 14.0. The molecular weight excluding hydrogens is 242 g/mol. The molecule has 1 aliphatic rings. The predicted molar refractivity (Wildman–Crippen MR) is 77.9 cm³/mol. The molecular formula is C14H21N3O2. The van der Waals surface area contributed by atoms with Crippen LogP contribution in [0.5, 0.6) is 0 Å². The fourth-order valence-corrected chi connectivity index (χ4v) is 2.52. The number of non-ortho nitro benzene ring substituents is 1. The molecule has 0 aromatic heterocycles. The van der Waals surface area contributed by atoms with Crippen molar-refractivity contribution in [2.24, 2.45) is 5.41 Å². The van der Waals surface area contributed by atoms with Gasteiger partial charge in [-0.1, -0.05) is 13.8 Å². The van der Waals surface area contributed by atoms with E-state index in [1.165, 1.54) is 0 Å². The van der Waals surface area contributed by atoms with Crippen LogP contribution in [0.3, 0.4) is 0 Å². The maximum Gasteiger partial charge on any atom is 0.273 e. The SMILES string of the molecule is CCNc1cc(N2CCC(C)(C)C2)cc([N+](=O)[O-])c1. The van der Waals surface area contributed by atoms with Crippen LogP contribution < -0.4 is 10.2 Å². The summed E-state index contributed by atoms with van der Waals surface area (Å²) in [6.45, 7) is 9.11. The second-order valence-electron chi connectivity index (χ2n) is 5.86. The summed E-state index contributed by atoms with van der Waals surface area (Å²) < 4.78 is 0. The van der Waals surface area contributed by atoms with Crippen LogP contribution in [0.4, 0.5) is 17.1 Å². The highest BCUT2D eigenvalue weighted by Gasteiger charge is 2.30. The molecule has 0 spiro atoms. The van der Waals surface area contributed by atoms with Gasteiger partial charge in [-0.2, -0.15) is 0 Å². The van der Waals surface area contributed by atoms with Gasteiger partial charge in [0.15, 0.2) is 0 Å². The summed E-state index contributed by atoms with van der Waals surface area (Å²) in [6, 6.07) is 5.26. The van der Waals surface area contributed by atoms with Gasteiger partial charge in [0.2, 0.25) is 0 Å². The molecule has 0 amide bonds. The standard InChI is InChI=1S/C14H21N3O2/c1-4-15-11-7-12(9-13(8-11)17(18)19)16-6-5-14(2,3)10-16/h7-9,15H,4-6,10H2,1-3H3. The summed E-state index contributed by atoms with van der Waals surface area (Å²) in [6.07, 6.45) is 1.12. The zero-order valence-corrected chi connectivity index (χ0v) is 11.8. The van der Waals surface area contributed by atoms with Crippen LogP contribution in [0.2, 0.25) is 0 Å². The molecule has 0 atom stereocenters. The van der Waals surface area contributed by atoms with Gasteiger partial charge < -0.3 is 10.2 Å². The van der Waals surface area contributed by atoms with E-state index in [2.05, 4.69) is 24.1 Å². The monoisotopic (exact) mass is 263 g/mol. The molecule has 1 N–H and O–H groups in total. The van der Waals surface area contributed by atoms with Gasteiger partial charge in [0.25, 0.3) is 5.69 Å². The van der Waals surface area contributed by atoms with Crippen LogP contribution in [0, 0.1) is 15.5 Å². The molecule has 0 bridgehead atoms. The summed E-state index contributed by atoms with van der Waals surface area (Å²) in [5.41, 5.74) is 2.19. The van der Waals surface area contributed by atoms with Gasteiger partial charge in [0.1, 0.15) is 0 Å². The number of nitrogens with one attached hydrogen (secondary N) is 1. The minimum atomic E-state index is -0.328. The molecule has 0 radical (unpaired) electrons. The Labute approximate surface area is 113 Å². The third-order valence-corrected chi connectivity index (χ3v) is 3.54. The van der Waals surface area contributed by atoms with Gasteiger partial charge >= 0.3 is 0 Å². The second-order valence-corrected chi connectivity index (χ2v) is 5.86. The van der Waals surface area contributed by atoms with Crippen molar-refractivity contribution in [3.05, 3.63) is 28.3 Å². The number of hydrogen-bond acceptors (Lipinski definition) is 4. The Morgan fingerprint density at radius 3 is 2.68 bits per heavy atom. The Balaban J connectivity index is 2.31. The second kappa shape index (κ2) is 5.07. The van der Waals surface area contributed by atoms with Crippen molar-refractivity contribution < 1.29 is 4.92 Å². The minimum Gasteiger partial charge on any atom is -0.385 e. The lowest BCUT2D eigenvalue weighted by Gasteiger charge is -2.22. The molecule has 0 unspecified atom stereocenters. The van der Waals surface area contributed by atoms with Crippen molar-refractivity contribution in [1.82, 2.24) is 0 Å². The molecule has 5 heteroatoms. The average Bonchev–Trinajstić information content (AvgIpc) is 2.70. The number of hydrogen-bond donors (Lipinski definition) is 1. The highest BCUT2D eigenvalue weighted by Crippen LogP contribution is 2.35. The first-order valence-electron chi connectivity index (χ1n) is 6.69. The molecule has 1 aromatic rings. The van der Waals surface area contributed by atoms with E-state index in [1.54, 1.807) is 12.1 Å². The summed E-state index contributed by atoms with van der Waals surface area (Å²) in [7, 11) is 0. The molecule has 1 aliphatic heterocycles. The van der Waals surface area contributed by atoms with E-state index in [9.17, 15) is 10.1 Å². The highest BCUT2D eigenvalue weighted by molar-refractivity contribution is 5.65. The molecule has 104 valence electrons. The molecule has 1 heterocycles. The Hall–Kier alpha value is -1.78. The maximum atomic E-state index is 11.0. The molecule has 19 heavy (non-hydrogen) atoms. The summed E-state index contributed by atoms with van der Waals surface area (Å²) >= 11 is 0. The van der Waals surface area contributed by atoms with E-state index in [0.29, 0.717) is 0 Å². The van der Waals surface area contributed by atoms with Crippen LogP contribution in [0.25, 0.3) is 0 Å². The van der Waals surface area contributed by atoms with Crippen molar-refractivity contribution in [1.29, 1.82) is 0 Å². The van der Waals surface area contributed by atoms with Crippen LogP contribution >= 0.6 is 0 Å². The fraction of sp³-hybridized carbons (Fsp3) is 0.571. The van der Waals surface area contributed by atoms with Crippen molar-refractivity contribution in [2.75, 3.05) is 29.9 Å². The third kappa shape index (κ3) is 3.16. The number of nitrogens with zero attached hydrogens (tertiary/aromatic N) is 2. The van der Waals surface area contributed by atoms with E-state index in [-0.39, 0.29) is 16.0 Å². The van der Waals surface area contributed by atoms with Gasteiger partial charge in [-0.15, -0.1) is 0 Å². The number of anilines is 2. The van der Waals surface area contributed by atoms with Gasteiger partial charge in [-0.3, -0.25) is 10.1 Å². The van der Waals surface area contributed by atoms with Crippen LogP contribution in [0.1, 0.15) is 27.2 Å². The molecule has 1 fully saturated rings. The molecule has 2 rings (SSSR count). The van der Waals surface area contributed by atoms with E-state index >= 15 is 0 Å². The lowest BCUT2D eigenvalue weighted by atomic mass is 9.93. The number of benzene rings is 1. The van der Waals surface area contributed by atoms with Crippen LogP contribution in [-0.4, -0.2) is 24.6 Å². The van der Waals surface area contributed by atoms with Gasteiger partial charge in [-0.05, 0) is 24.8 Å². The lowest BCUT2D eigenvalue weighted by Crippen LogP contribution is -2.22. The smallest absolute Gasteiger partial charge is 0.273 e. The Morgan fingerprint density at radius 1 is 1.42 bits per heavy atom. The normalized spacial score (nSPS) is 17.5. The van der Waals surface area contributed by atoms with E-state index < -0.39 is 0 Å². The van der Waals surface area contributed by atoms with Crippen LogP contribution in [0.15, 0.2) is 18.2 Å². The third-order valence-electron chi connectivity index (χ3n) is 3.54. The first-order valence-corrected chi connectivity index (χ1v) is 6.69. The molecule has 0 saturated carbocycles. The molecule has 1 saturated heterocycles. The van der Waals surface area contributed by atoms with Crippen molar-refractivity contribution in [3.8, 4) is 0 Å². The van der Waals surface area contributed by atoms with E-state index in [4.69, 9.17) is 0 Å². The van der Waals surface area contributed by atoms with Gasteiger partial charge in [-0.25, -0.2) is 0 Å². The summed E-state index contributed by atoms with van der Waals surface area (Å²) in [4.78, 5) is 12.9. The predicted octanol–water partition coefficient (Wildman–Crippen LogP) is 3.26. The topological polar surface area (TPSA) is 58.4 Å². The zero-order valence-electron chi connectivity index (χ0n) is 11.8. The number of nitro benzene ring substituents is 1. The van der Waals surface area contributed by atoms with E-state index in [0.717, 1.165) is 37.4 Å². The van der Waals surface area contributed by atoms with Crippen molar-refractivity contribution >= 4 is 17.1 Å². The Morgan fingerprint density at radius 2 is 2.16 bits per heavy atom. The quantitative estimate of drug-likeness (QED) is 0.669. The van der Waals surface area contributed by atoms with Crippen LogP contribution in [-0.2, 0) is 0 Å². The van der Waals surface area contributed by atoms with E-state index in [1.807, 2.05) is 13.0 Å². The summed E-state index contributed by atoms with van der Waals surface area (Å²) in [5, 5.41) is 14.2. The fourth-order valence-electron chi connectivity index (χ4n) is 2.52. The largest absolute Gasteiger partial charge is 0.385 e. The van der Waals surface area contributed by atoms with Gasteiger partial charge in [0, 0.05) is 43.1 Å². The lowest BCUT2D eigenvalue weighted by molar-refractivity contribution is -0.384.